The van der Waals surface area contributed by atoms with Crippen molar-refractivity contribution >= 4 is 0 Å². The van der Waals surface area contributed by atoms with Crippen molar-refractivity contribution in [1.29, 1.82) is 0 Å². The maximum absolute atomic E-state index is 3.33. The van der Waals surface area contributed by atoms with Crippen LogP contribution in [0.25, 0.3) is 0 Å². The van der Waals surface area contributed by atoms with Crippen molar-refractivity contribution in [3.63, 3.8) is 0 Å². The van der Waals surface area contributed by atoms with Gasteiger partial charge < -0.3 is 15.2 Å². The molecule has 1 heterocycles. The third kappa shape index (κ3) is 1.94. The van der Waals surface area contributed by atoms with Crippen molar-refractivity contribution < 1.29 is 0 Å². The number of hydrogen-bond donors (Lipinski definition) is 2. The van der Waals surface area contributed by atoms with Crippen LogP contribution in [0, 0.1) is 5.41 Å². The molecule has 3 heteroatoms. The topological polar surface area (TPSA) is 31.1 Å². The second-order valence-corrected chi connectivity index (χ2v) is 4.90. The number of H-pyrrole nitrogens is 1. The Labute approximate surface area is 91.9 Å². The van der Waals surface area contributed by atoms with Gasteiger partial charge in [-0.3, -0.25) is 0 Å². The standard InChI is InChI=1S/C12H21N3/c1-13-9-12(5-6-12)11(15(2)3)10-4-7-14-8-10/h4,7-8,11,13-14H,5-6,9H2,1-3H3. The van der Waals surface area contributed by atoms with Crippen molar-refractivity contribution in [2.75, 3.05) is 27.7 Å². The van der Waals surface area contributed by atoms with E-state index in [-0.39, 0.29) is 0 Å². The van der Waals surface area contributed by atoms with E-state index in [1.807, 2.05) is 13.2 Å². The van der Waals surface area contributed by atoms with E-state index in [4.69, 9.17) is 0 Å². The molecule has 1 fully saturated rings. The maximum atomic E-state index is 3.33. The van der Waals surface area contributed by atoms with E-state index in [0.717, 1.165) is 6.54 Å². The summed E-state index contributed by atoms with van der Waals surface area (Å²) >= 11 is 0. The molecule has 1 atom stereocenters. The summed E-state index contributed by atoms with van der Waals surface area (Å²) in [6, 6.07) is 2.73. The first-order valence-corrected chi connectivity index (χ1v) is 5.63. The maximum Gasteiger partial charge on any atom is 0.0425 e. The fourth-order valence-corrected chi connectivity index (χ4v) is 2.77. The third-order valence-electron chi connectivity index (χ3n) is 3.46. The SMILES string of the molecule is CNCC1(C(c2cc[nH]c2)N(C)C)CC1. The van der Waals surface area contributed by atoms with Crippen molar-refractivity contribution in [2.45, 2.75) is 18.9 Å². The van der Waals surface area contributed by atoms with E-state index in [1.54, 1.807) is 0 Å². The fraction of sp³-hybridized carbons (Fsp3) is 0.667. The van der Waals surface area contributed by atoms with Crippen LogP contribution in [0.5, 0.6) is 0 Å². The third-order valence-corrected chi connectivity index (χ3v) is 3.46. The van der Waals surface area contributed by atoms with Crippen LogP contribution in [-0.4, -0.2) is 37.6 Å². The predicted octanol–water partition coefficient (Wildman–Crippen LogP) is 1.62. The second kappa shape index (κ2) is 3.99. The lowest BCUT2D eigenvalue weighted by Crippen LogP contribution is -2.34. The predicted molar refractivity (Wildman–Crippen MR) is 62.8 cm³/mol. The molecule has 0 saturated heterocycles. The van der Waals surface area contributed by atoms with Gasteiger partial charge in [0.25, 0.3) is 0 Å². The largest absolute Gasteiger partial charge is 0.367 e. The van der Waals surface area contributed by atoms with Gasteiger partial charge in [0.2, 0.25) is 0 Å². The van der Waals surface area contributed by atoms with Crippen LogP contribution in [0.1, 0.15) is 24.4 Å². The fourth-order valence-electron chi connectivity index (χ4n) is 2.77. The Kier molecular flexibility index (Phi) is 2.85. The van der Waals surface area contributed by atoms with E-state index >= 15 is 0 Å². The molecule has 15 heavy (non-hydrogen) atoms. The van der Waals surface area contributed by atoms with Crippen LogP contribution in [0.4, 0.5) is 0 Å². The first kappa shape index (κ1) is 10.7. The molecule has 1 saturated carbocycles. The Morgan fingerprint density at radius 3 is 2.67 bits per heavy atom. The summed E-state index contributed by atoms with van der Waals surface area (Å²) in [5.74, 6) is 0. The molecule has 0 aromatic carbocycles. The van der Waals surface area contributed by atoms with Gasteiger partial charge in [-0.15, -0.1) is 0 Å². The zero-order chi connectivity index (χ0) is 10.9. The van der Waals surface area contributed by atoms with Crippen LogP contribution in [0.2, 0.25) is 0 Å². The van der Waals surface area contributed by atoms with Crippen LogP contribution in [0.15, 0.2) is 18.5 Å². The number of nitrogens with zero attached hydrogens (tertiary/aromatic N) is 1. The van der Waals surface area contributed by atoms with Gasteiger partial charge in [-0.25, -0.2) is 0 Å². The highest BCUT2D eigenvalue weighted by Gasteiger charge is 2.50. The number of aromatic amines is 1. The summed E-state index contributed by atoms with van der Waals surface area (Å²) in [7, 11) is 6.39. The lowest BCUT2D eigenvalue weighted by atomic mass is 9.90. The Balaban J connectivity index is 2.21. The van der Waals surface area contributed by atoms with Gasteiger partial charge in [0.05, 0.1) is 0 Å². The molecule has 1 aromatic heterocycles. The molecule has 0 aliphatic heterocycles. The molecule has 1 unspecified atom stereocenters. The second-order valence-electron chi connectivity index (χ2n) is 4.90. The van der Waals surface area contributed by atoms with Gasteiger partial charge in [-0.2, -0.15) is 0 Å². The zero-order valence-corrected chi connectivity index (χ0v) is 9.88. The molecule has 1 aliphatic carbocycles. The monoisotopic (exact) mass is 207 g/mol. The van der Waals surface area contributed by atoms with Gasteiger partial charge in [-0.05, 0) is 45.6 Å². The van der Waals surface area contributed by atoms with E-state index in [0.29, 0.717) is 11.5 Å². The van der Waals surface area contributed by atoms with Crippen molar-refractivity contribution in [3.8, 4) is 0 Å². The number of aromatic nitrogens is 1. The Bertz CT molecular complexity index is 299. The van der Waals surface area contributed by atoms with Crippen LogP contribution in [-0.2, 0) is 0 Å². The highest BCUT2D eigenvalue weighted by atomic mass is 15.1. The Hall–Kier alpha value is -0.800. The number of rotatable bonds is 5. The molecule has 0 bridgehead atoms. The Morgan fingerprint density at radius 1 is 1.53 bits per heavy atom. The lowest BCUT2D eigenvalue weighted by Gasteiger charge is -2.32. The summed E-state index contributed by atoms with van der Waals surface area (Å²) in [5, 5.41) is 3.33. The van der Waals surface area contributed by atoms with Gasteiger partial charge in [0, 0.05) is 30.4 Å². The summed E-state index contributed by atoms with van der Waals surface area (Å²) in [6.45, 7) is 1.11. The van der Waals surface area contributed by atoms with Crippen LogP contribution < -0.4 is 5.32 Å². The minimum Gasteiger partial charge on any atom is -0.367 e. The average Bonchev–Trinajstić information content (AvgIpc) is 2.76. The molecule has 3 nitrogen and oxygen atoms in total. The molecular formula is C12H21N3. The molecular weight excluding hydrogens is 186 g/mol. The molecule has 0 radical (unpaired) electrons. The molecule has 1 aromatic rings. The normalized spacial score (nSPS) is 20.5. The van der Waals surface area contributed by atoms with E-state index in [2.05, 4.69) is 41.6 Å². The molecule has 0 amide bonds. The highest BCUT2D eigenvalue weighted by Crippen LogP contribution is 2.56. The first-order valence-electron chi connectivity index (χ1n) is 5.63. The van der Waals surface area contributed by atoms with E-state index in [1.165, 1.54) is 18.4 Å². The Morgan fingerprint density at radius 2 is 2.27 bits per heavy atom. The minimum absolute atomic E-state index is 0.459. The first-order chi connectivity index (χ1) is 7.19. The van der Waals surface area contributed by atoms with E-state index in [9.17, 15) is 0 Å². The molecule has 0 spiro atoms. The van der Waals surface area contributed by atoms with Crippen LogP contribution >= 0.6 is 0 Å². The summed E-state index contributed by atoms with van der Waals surface area (Å²) in [5.41, 5.74) is 1.87. The molecule has 2 N–H and O–H groups in total. The quantitative estimate of drug-likeness (QED) is 0.768. The number of hydrogen-bond acceptors (Lipinski definition) is 2. The smallest absolute Gasteiger partial charge is 0.0425 e. The summed E-state index contributed by atoms with van der Waals surface area (Å²) in [4.78, 5) is 5.50. The van der Waals surface area contributed by atoms with Gasteiger partial charge in [0.15, 0.2) is 0 Å². The minimum atomic E-state index is 0.459. The number of nitrogens with one attached hydrogen (secondary N) is 2. The molecule has 2 rings (SSSR count). The van der Waals surface area contributed by atoms with Gasteiger partial charge >= 0.3 is 0 Å². The molecule has 84 valence electrons. The zero-order valence-electron chi connectivity index (χ0n) is 9.88. The van der Waals surface area contributed by atoms with E-state index < -0.39 is 0 Å². The van der Waals surface area contributed by atoms with Crippen molar-refractivity contribution in [2.24, 2.45) is 5.41 Å². The van der Waals surface area contributed by atoms with Gasteiger partial charge in [0.1, 0.15) is 0 Å². The van der Waals surface area contributed by atoms with Gasteiger partial charge in [-0.1, -0.05) is 0 Å². The van der Waals surface area contributed by atoms with Crippen LogP contribution in [0.3, 0.4) is 0 Å². The lowest BCUT2D eigenvalue weighted by molar-refractivity contribution is 0.192. The molecule has 1 aliphatic rings. The summed E-state index contributed by atoms with van der Waals surface area (Å²) in [6.07, 6.45) is 6.81. The highest BCUT2D eigenvalue weighted by molar-refractivity contribution is 5.21. The average molecular weight is 207 g/mol. The van der Waals surface area contributed by atoms with Crippen molar-refractivity contribution in [3.05, 3.63) is 24.0 Å². The summed E-state index contributed by atoms with van der Waals surface area (Å²) < 4.78 is 0. The van der Waals surface area contributed by atoms with Crippen molar-refractivity contribution in [1.82, 2.24) is 15.2 Å².